The molecule has 0 fully saturated rings. The van der Waals surface area contributed by atoms with Crippen LogP contribution in [0.5, 0.6) is 0 Å². The minimum Gasteiger partial charge on any atom is -0.355 e. The van der Waals surface area contributed by atoms with Crippen molar-refractivity contribution >= 4 is 11.8 Å². The molecule has 0 bridgehead atoms. The minimum absolute atomic E-state index is 0.182. The second-order valence-corrected chi connectivity index (χ2v) is 17.0. The Morgan fingerprint density at radius 2 is 0.845 bits per heavy atom. The smallest absolute Gasteiger partial charge is 0.220 e. The molecule has 0 aliphatic heterocycles. The van der Waals surface area contributed by atoms with Gasteiger partial charge in [0.15, 0.2) is 0 Å². The molecular weight excluding hydrogens is 721 g/mol. The molecule has 0 saturated heterocycles. The Kier molecular flexibility index (Phi) is 39.1. The highest BCUT2D eigenvalue weighted by atomic mass is 16.2. The highest BCUT2D eigenvalue weighted by molar-refractivity contribution is 5.76. The van der Waals surface area contributed by atoms with Crippen LogP contribution in [-0.2, 0) is 9.59 Å². The van der Waals surface area contributed by atoms with Crippen molar-refractivity contribution in [1.29, 1.82) is 0 Å². The van der Waals surface area contributed by atoms with Crippen molar-refractivity contribution in [3.8, 4) is 0 Å². The van der Waals surface area contributed by atoms with Crippen LogP contribution in [0.3, 0.4) is 0 Å². The Hall–Kier alpha value is -1.82. The molecule has 0 radical (unpaired) electrons. The summed E-state index contributed by atoms with van der Waals surface area (Å²) in [6.45, 7) is 14.2. The monoisotopic (exact) mass is 817 g/mol. The third kappa shape index (κ3) is 32.0. The first-order chi connectivity index (χ1) is 28.6. The highest BCUT2D eigenvalue weighted by Gasteiger charge is 2.34. The van der Waals surface area contributed by atoms with Crippen molar-refractivity contribution in [2.24, 2.45) is 35.1 Å². The van der Waals surface area contributed by atoms with Crippen LogP contribution in [0.4, 0.5) is 0 Å². The average Bonchev–Trinajstić information content (AvgIpc) is 3.22. The van der Waals surface area contributed by atoms with Crippen molar-refractivity contribution in [3.63, 3.8) is 0 Å². The Labute approximate surface area is 358 Å². The standard InChI is InChI=1S/C48H96N8O2/c1-3-5-7-9-13-19-25-45-43(23-17-8-6-4-2)29-30-44(24-18-12-10-15-21-27-47(57)55-41-39-53-37-35-51-33-31-49)46(45)26-20-14-11-16-22-28-48(58)56-42-40-54-38-36-52-34-32-50/h9,13,29-30,43-46,51-54H,3-8,10-12,14-28,31-42,49-50H2,1-2H3,(H,55,57)(H,56,58)/b13-9+. The first-order valence-electron chi connectivity index (χ1n) is 24.7. The van der Waals surface area contributed by atoms with Crippen LogP contribution < -0.4 is 43.4 Å². The lowest BCUT2D eigenvalue weighted by Gasteiger charge is -2.41. The molecule has 2 amide bonds. The zero-order valence-electron chi connectivity index (χ0n) is 38.0. The van der Waals surface area contributed by atoms with E-state index in [2.05, 4.69) is 70.1 Å². The largest absolute Gasteiger partial charge is 0.355 e. The second-order valence-electron chi connectivity index (χ2n) is 17.0. The average molecular weight is 817 g/mol. The molecule has 340 valence electrons. The zero-order valence-corrected chi connectivity index (χ0v) is 38.0. The molecule has 0 aromatic heterocycles. The van der Waals surface area contributed by atoms with E-state index in [4.69, 9.17) is 11.5 Å². The summed E-state index contributed by atoms with van der Waals surface area (Å²) in [7, 11) is 0. The van der Waals surface area contributed by atoms with Gasteiger partial charge in [-0.1, -0.05) is 128 Å². The van der Waals surface area contributed by atoms with E-state index < -0.39 is 0 Å². The number of allylic oxidation sites excluding steroid dienone is 4. The predicted molar refractivity (Wildman–Crippen MR) is 250 cm³/mol. The molecular formula is C48H96N8O2. The fourth-order valence-corrected chi connectivity index (χ4v) is 8.54. The van der Waals surface area contributed by atoms with E-state index in [1.54, 1.807) is 0 Å². The van der Waals surface area contributed by atoms with Gasteiger partial charge in [-0.05, 0) is 75.0 Å². The lowest BCUT2D eigenvalue weighted by molar-refractivity contribution is -0.122. The van der Waals surface area contributed by atoms with Gasteiger partial charge in [0.1, 0.15) is 0 Å². The van der Waals surface area contributed by atoms with E-state index in [9.17, 15) is 9.59 Å². The van der Waals surface area contributed by atoms with Crippen LogP contribution in [0, 0.1) is 23.7 Å². The van der Waals surface area contributed by atoms with Crippen LogP contribution in [0.15, 0.2) is 24.3 Å². The zero-order chi connectivity index (χ0) is 42.0. The molecule has 0 spiro atoms. The molecule has 10 nitrogen and oxygen atoms in total. The topological polar surface area (TPSA) is 158 Å². The number of rotatable bonds is 43. The van der Waals surface area contributed by atoms with Gasteiger partial charge in [0, 0.05) is 91.4 Å². The molecule has 4 atom stereocenters. The number of nitrogens with two attached hydrogens (primary N) is 2. The summed E-state index contributed by atoms with van der Waals surface area (Å²) in [5.41, 5.74) is 11.0. The van der Waals surface area contributed by atoms with Gasteiger partial charge >= 0.3 is 0 Å². The molecule has 1 aliphatic carbocycles. The molecule has 0 aromatic rings. The van der Waals surface area contributed by atoms with Gasteiger partial charge in [0.25, 0.3) is 0 Å². The second kappa shape index (κ2) is 41.9. The molecule has 58 heavy (non-hydrogen) atoms. The van der Waals surface area contributed by atoms with Gasteiger partial charge in [0.05, 0.1) is 0 Å². The molecule has 0 heterocycles. The number of unbranched alkanes of at least 4 members (excludes halogenated alkanes) is 13. The summed E-state index contributed by atoms with van der Waals surface area (Å²) in [6.07, 6.45) is 39.1. The maximum Gasteiger partial charge on any atom is 0.220 e. The molecule has 10 heteroatoms. The molecule has 10 N–H and O–H groups in total. The van der Waals surface area contributed by atoms with Crippen molar-refractivity contribution in [2.75, 3.05) is 78.5 Å². The Morgan fingerprint density at radius 1 is 0.448 bits per heavy atom. The summed E-state index contributed by atoms with van der Waals surface area (Å²) in [6, 6.07) is 0. The molecule has 1 aliphatic rings. The maximum absolute atomic E-state index is 12.4. The van der Waals surface area contributed by atoms with Crippen molar-refractivity contribution in [1.82, 2.24) is 31.9 Å². The fourth-order valence-electron chi connectivity index (χ4n) is 8.54. The van der Waals surface area contributed by atoms with E-state index in [1.165, 1.54) is 116 Å². The third-order valence-corrected chi connectivity index (χ3v) is 11.9. The molecule has 0 saturated carbocycles. The normalized spacial score (nSPS) is 18.0. The van der Waals surface area contributed by atoms with Crippen LogP contribution in [0.1, 0.15) is 168 Å². The van der Waals surface area contributed by atoms with Crippen molar-refractivity contribution in [2.45, 2.75) is 168 Å². The number of hydrogen-bond acceptors (Lipinski definition) is 8. The van der Waals surface area contributed by atoms with Crippen molar-refractivity contribution < 1.29 is 9.59 Å². The van der Waals surface area contributed by atoms with E-state index in [0.717, 1.165) is 95.8 Å². The van der Waals surface area contributed by atoms with Gasteiger partial charge in [-0.3, -0.25) is 9.59 Å². The van der Waals surface area contributed by atoms with Gasteiger partial charge in [-0.2, -0.15) is 0 Å². The number of carbonyl (C=O) groups excluding carboxylic acids is 2. The predicted octanol–water partition coefficient (Wildman–Crippen LogP) is 7.49. The van der Waals surface area contributed by atoms with E-state index in [0.29, 0.717) is 44.9 Å². The quantitative estimate of drug-likeness (QED) is 0.0233. The first kappa shape index (κ1) is 54.2. The molecule has 4 unspecified atom stereocenters. The Morgan fingerprint density at radius 3 is 1.34 bits per heavy atom. The molecule has 0 aromatic carbocycles. The number of hydrogen-bond donors (Lipinski definition) is 8. The number of carbonyl (C=O) groups is 2. The summed E-state index contributed by atoms with van der Waals surface area (Å²) in [4.78, 5) is 24.7. The highest BCUT2D eigenvalue weighted by Crippen LogP contribution is 2.44. The SMILES string of the molecule is CCCC/C=C/CCC1C(CCCCCC)C=CC(CCCCCCCC(=O)NCCNCCNCCN)C1CCCCCCCC(=O)NCCNCCNCCN. The van der Waals surface area contributed by atoms with Gasteiger partial charge in [-0.15, -0.1) is 0 Å². The van der Waals surface area contributed by atoms with Gasteiger partial charge in [-0.25, -0.2) is 0 Å². The van der Waals surface area contributed by atoms with E-state index >= 15 is 0 Å². The lowest BCUT2D eigenvalue weighted by Crippen LogP contribution is -2.35. The summed E-state index contributed by atoms with van der Waals surface area (Å²) < 4.78 is 0. The number of nitrogens with one attached hydrogen (secondary N) is 6. The maximum atomic E-state index is 12.4. The van der Waals surface area contributed by atoms with Crippen LogP contribution >= 0.6 is 0 Å². The summed E-state index contributed by atoms with van der Waals surface area (Å²) in [5, 5.41) is 19.4. The van der Waals surface area contributed by atoms with E-state index in [1.807, 2.05) is 0 Å². The summed E-state index contributed by atoms with van der Waals surface area (Å²) >= 11 is 0. The van der Waals surface area contributed by atoms with Crippen LogP contribution in [0.25, 0.3) is 0 Å². The van der Waals surface area contributed by atoms with Gasteiger partial charge in [0.2, 0.25) is 11.8 Å². The van der Waals surface area contributed by atoms with Crippen molar-refractivity contribution in [3.05, 3.63) is 24.3 Å². The third-order valence-electron chi connectivity index (χ3n) is 11.9. The lowest BCUT2D eigenvalue weighted by atomic mass is 9.64. The van der Waals surface area contributed by atoms with Crippen LogP contribution in [0.2, 0.25) is 0 Å². The fraction of sp³-hybridized carbons (Fsp3) is 0.875. The first-order valence-corrected chi connectivity index (χ1v) is 24.7. The minimum atomic E-state index is 0.182. The number of amides is 2. The molecule has 1 rings (SSSR count). The Balaban J connectivity index is 2.56. The van der Waals surface area contributed by atoms with Crippen LogP contribution in [-0.4, -0.2) is 90.4 Å². The van der Waals surface area contributed by atoms with E-state index in [-0.39, 0.29) is 11.8 Å². The van der Waals surface area contributed by atoms with Gasteiger partial charge < -0.3 is 43.4 Å². The summed E-state index contributed by atoms with van der Waals surface area (Å²) in [5.74, 6) is 3.35. The Bertz CT molecular complexity index is 979.